The molecule has 1 amide bonds. The molecule has 3 heterocycles. The van der Waals surface area contributed by atoms with E-state index in [9.17, 15) is 18.3 Å². The van der Waals surface area contributed by atoms with Gasteiger partial charge in [-0.05, 0) is 79.2 Å². The van der Waals surface area contributed by atoms with Crippen molar-refractivity contribution >= 4 is 43.5 Å². The van der Waals surface area contributed by atoms with Crippen molar-refractivity contribution in [2.24, 2.45) is 11.3 Å². The van der Waals surface area contributed by atoms with E-state index in [4.69, 9.17) is 4.98 Å². The standard InChI is InChI=1S/C31H43FN6O4S2/c1-31(2,3)21-7-9-24-20(16-21)18-27-29(34-24)43-30(35-27)28(40)33-25(12-15-38-13-10-22(39)11-14-38)19-6-8-26(23(32)17-19)36-44(41,42)37(4)5/h6,8,17-18,21-22,25,36,39H,7,9-16H2,1-5H3,(H,33,40)/t21-,25+/m0/s1. The number of aliphatic hydroxyl groups is 1. The van der Waals surface area contributed by atoms with Crippen molar-refractivity contribution in [1.29, 1.82) is 0 Å². The molecule has 0 bridgehead atoms. The maximum absolute atomic E-state index is 15.2. The van der Waals surface area contributed by atoms with E-state index in [0.717, 1.165) is 47.2 Å². The molecular formula is C31H43FN6O4S2. The molecule has 0 spiro atoms. The zero-order valence-electron chi connectivity index (χ0n) is 26.1. The first-order valence-electron chi connectivity index (χ1n) is 15.2. The van der Waals surface area contributed by atoms with Crippen LogP contribution < -0.4 is 10.0 Å². The lowest BCUT2D eigenvalue weighted by molar-refractivity contribution is 0.0795. The number of halogens is 1. The average molecular weight is 647 g/mol. The summed E-state index contributed by atoms with van der Waals surface area (Å²) in [7, 11) is -1.17. The number of aryl methyl sites for hydroxylation is 1. The highest BCUT2D eigenvalue weighted by Crippen LogP contribution is 2.38. The third-order valence-corrected chi connectivity index (χ3v) is 11.3. The number of hydrogen-bond acceptors (Lipinski definition) is 8. The second-order valence-corrected chi connectivity index (χ2v) is 16.1. The fourth-order valence-electron chi connectivity index (χ4n) is 5.91. The predicted octanol–water partition coefficient (Wildman–Crippen LogP) is 4.52. The van der Waals surface area contributed by atoms with E-state index >= 15 is 4.39 Å². The Morgan fingerprint density at radius 1 is 1.18 bits per heavy atom. The van der Waals surface area contributed by atoms with E-state index < -0.39 is 22.1 Å². The van der Waals surface area contributed by atoms with Gasteiger partial charge in [0, 0.05) is 39.4 Å². The van der Waals surface area contributed by atoms with Gasteiger partial charge in [0.25, 0.3) is 5.91 Å². The number of carbonyl (C=O) groups is 1. The van der Waals surface area contributed by atoms with Crippen LogP contribution in [0.2, 0.25) is 0 Å². The van der Waals surface area contributed by atoms with E-state index in [1.165, 1.54) is 43.1 Å². The topological polar surface area (TPSA) is 128 Å². The Balaban J connectivity index is 1.37. The van der Waals surface area contributed by atoms with Crippen LogP contribution in [0.3, 0.4) is 0 Å². The highest BCUT2D eigenvalue weighted by molar-refractivity contribution is 7.90. The molecule has 1 saturated heterocycles. The molecule has 3 aromatic rings. The second kappa shape index (κ2) is 13.0. The number of aliphatic hydroxyl groups excluding tert-OH is 1. The normalized spacial score (nSPS) is 19.2. The quantitative estimate of drug-likeness (QED) is 0.312. The Labute approximate surface area is 263 Å². The Kier molecular flexibility index (Phi) is 9.62. The van der Waals surface area contributed by atoms with Crippen LogP contribution in [0.4, 0.5) is 10.1 Å². The van der Waals surface area contributed by atoms with Gasteiger partial charge in [-0.3, -0.25) is 9.52 Å². The average Bonchev–Trinajstić information content (AvgIpc) is 3.38. The summed E-state index contributed by atoms with van der Waals surface area (Å²) in [4.78, 5) is 26.1. The second-order valence-electron chi connectivity index (χ2n) is 13.3. The number of pyridine rings is 1. The first-order valence-corrected chi connectivity index (χ1v) is 17.5. The minimum Gasteiger partial charge on any atom is -0.393 e. The number of carbonyl (C=O) groups excluding carboxylic acids is 1. The van der Waals surface area contributed by atoms with Crippen molar-refractivity contribution in [1.82, 2.24) is 24.5 Å². The first kappa shape index (κ1) is 32.7. The zero-order chi connectivity index (χ0) is 31.8. The van der Waals surface area contributed by atoms with Gasteiger partial charge in [-0.2, -0.15) is 12.7 Å². The minimum absolute atomic E-state index is 0.174. The summed E-state index contributed by atoms with van der Waals surface area (Å²) in [6, 6.07) is 5.79. The van der Waals surface area contributed by atoms with Crippen LogP contribution >= 0.6 is 11.3 Å². The minimum atomic E-state index is -3.89. The molecule has 0 radical (unpaired) electrons. The zero-order valence-corrected chi connectivity index (χ0v) is 27.7. The highest BCUT2D eigenvalue weighted by atomic mass is 32.2. The molecule has 240 valence electrons. The number of benzene rings is 1. The number of thiazole rings is 1. The summed E-state index contributed by atoms with van der Waals surface area (Å²) in [5.74, 6) is -0.545. The number of rotatable bonds is 9. The molecule has 5 rings (SSSR count). The maximum Gasteiger partial charge on any atom is 0.301 e. The van der Waals surface area contributed by atoms with Crippen LogP contribution in [0.25, 0.3) is 10.3 Å². The van der Waals surface area contributed by atoms with Crippen molar-refractivity contribution in [2.75, 3.05) is 38.5 Å². The Morgan fingerprint density at radius 2 is 1.91 bits per heavy atom. The van der Waals surface area contributed by atoms with Gasteiger partial charge in [0.15, 0.2) is 5.01 Å². The number of nitrogens with zero attached hydrogens (tertiary/aromatic N) is 4. The lowest BCUT2D eigenvalue weighted by Gasteiger charge is -2.34. The van der Waals surface area contributed by atoms with Gasteiger partial charge >= 0.3 is 10.2 Å². The van der Waals surface area contributed by atoms with Crippen LogP contribution in [0.15, 0.2) is 24.3 Å². The van der Waals surface area contributed by atoms with Crippen molar-refractivity contribution in [3.8, 4) is 0 Å². The monoisotopic (exact) mass is 646 g/mol. The van der Waals surface area contributed by atoms with E-state index in [1.54, 1.807) is 6.07 Å². The molecule has 1 aliphatic heterocycles. The molecule has 0 unspecified atom stereocenters. The summed E-state index contributed by atoms with van der Waals surface area (Å²) in [6.07, 6.45) is 4.52. The van der Waals surface area contributed by atoms with Gasteiger partial charge in [0.1, 0.15) is 16.2 Å². The van der Waals surface area contributed by atoms with E-state index in [1.807, 2.05) is 0 Å². The molecule has 1 fully saturated rings. The summed E-state index contributed by atoms with van der Waals surface area (Å²) in [5.41, 5.74) is 3.54. The Morgan fingerprint density at radius 3 is 2.57 bits per heavy atom. The summed E-state index contributed by atoms with van der Waals surface area (Å²) in [6.45, 7) is 8.93. The molecule has 2 aliphatic rings. The number of hydrogen-bond donors (Lipinski definition) is 3. The SMILES string of the molecule is CN(C)S(=O)(=O)Nc1ccc([C@@H](CCN2CCC(O)CC2)NC(=O)c2nc3cc4c(nc3s2)CC[C@H](C(C)(C)C)C4)cc1F. The molecule has 2 atom stereocenters. The van der Waals surface area contributed by atoms with Crippen molar-refractivity contribution in [2.45, 2.75) is 71.4 Å². The smallest absolute Gasteiger partial charge is 0.301 e. The largest absolute Gasteiger partial charge is 0.393 e. The number of piperidine rings is 1. The summed E-state index contributed by atoms with van der Waals surface area (Å²) >= 11 is 1.25. The van der Waals surface area contributed by atoms with Gasteiger partial charge < -0.3 is 15.3 Å². The van der Waals surface area contributed by atoms with Crippen LogP contribution in [-0.2, 0) is 23.1 Å². The number of likely N-dealkylation sites (tertiary alicyclic amines) is 1. The number of anilines is 1. The number of aromatic nitrogens is 2. The fraction of sp³-hybridized carbons (Fsp3) is 0.581. The number of fused-ring (bicyclic) bond motifs is 2. The van der Waals surface area contributed by atoms with E-state index in [-0.39, 0.29) is 23.1 Å². The van der Waals surface area contributed by atoms with Gasteiger partial charge in [-0.25, -0.2) is 14.4 Å². The summed E-state index contributed by atoms with van der Waals surface area (Å²) < 4.78 is 42.9. The van der Waals surface area contributed by atoms with Gasteiger partial charge in [-0.1, -0.05) is 38.2 Å². The van der Waals surface area contributed by atoms with Crippen molar-refractivity contribution in [3.05, 3.63) is 51.9 Å². The number of nitrogens with one attached hydrogen (secondary N) is 2. The van der Waals surface area contributed by atoms with E-state index in [2.05, 4.69) is 46.8 Å². The van der Waals surface area contributed by atoms with Crippen LogP contribution in [0.1, 0.15) is 79.1 Å². The van der Waals surface area contributed by atoms with Crippen molar-refractivity contribution < 1.29 is 22.7 Å². The predicted molar refractivity (Wildman–Crippen MR) is 172 cm³/mol. The van der Waals surface area contributed by atoms with Gasteiger partial charge in [0.05, 0.1) is 17.8 Å². The molecule has 1 aliphatic carbocycles. The van der Waals surface area contributed by atoms with Crippen LogP contribution in [0.5, 0.6) is 0 Å². The molecular weight excluding hydrogens is 604 g/mol. The molecule has 0 saturated carbocycles. The molecule has 10 nitrogen and oxygen atoms in total. The molecule has 2 aromatic heterocycles. The first-order chi connectivity index (χ1) is 20.7. The molecule has 3 N–H and O–H groups in total. The van der Waals surface area contributed by atoms with Crippen LogP contribution in [-0.4, -0.2) is 78.4 Å². The number of amides is 1. The van der Waals surface area contributed by atoms with Gasteiger partial charge in [0.2, 0.25) is 0 Å². The third-order valence-electron chi connectivity index (χ3n) is 8.88. The van der Waals surface area contributed by atoms with E-state index in [0.29, 0.717) is 47.8 Å². The summed E-state index contributed by atoms with van der Waals surface area (Å²) in [5, 5.41) is 13.2. The van der Waals surface area contributed by atoms with Crippen molar-refractivity contribution in [3.63, 3.8) is 0 Å². The maximum atomic E-state index is 15.2. The fourth-order valence-corrected chi connectivity index (χ4v) is 7.38. The Bertz CT molecular complexity index is 1610. The lowest BCUT2D eigenvalue weighted by Crippen LogP contribution is -2.38. The molecule has 44 heavy (non-hydrogen) atoms. The van der Waals surface area contributed by atoms with Gasteiger partial charge in [-0.15, -0.1) is 0 Å². The highest BCUT2D eigenvalue weighted by Gasteiger charge is 2.30. The molecule has 1 aromatic carbocycles. The lowest BCUT2D eigenvalue weighted by atomic mass is 9.71. The third kappa shape index (κ3) is 7.56. The van der Waals surface area contributed by atoms with Crippen LogP contribution in [0, 0.1) is 17.2 Å². The Hall–Kier alpha value is -2.71. The molecule has 13 heteroatoms.